The lowest BCUT2D eigenvalue weighted by atomic mass is 10.1. The lowest BCUT2D eigenvalue weighted by Gasteiger charge is -2.07. The molecule has 17 heavy (non-hydrogen) atoms. The van der Waals surface area contributed by atoms with Crippen LogP contribution in [0.4, 0.5) is 0 Å². The molecule has 2 nitrogen and oxygen atoms in total. The number of ether oxygens (including phenoxy) is 1. The van der Waals surface area contributed by atoms with Crippen LogP contribution in [0.3, 0.4) is 0 Å². The molecule has 0 aliphatic carbocycles. The molecule has 0 bridgehead atoms. The van der Waals surface area contributed by atoms with Gasteiger partial charge in [-0.3, -0.25) is 0 Å². The van der Waals surface area contributed by atoms with Crippen LogP contribution < -0.4 is 4.74 Å². The molecule has 0 saturated carbocycles. The summed E-state index contributed by atoms with van der Waals surface area (Å²) in [5, 5.41) is 5.30. The van der Waals surface area contributed by atoms with E-state index in [1.807, 2.05) is 29.6 Å². The highest BCUT2D eigenvalue weighted by Gasteiger charge is 2.02. The Balaban J connectivity index is 1.90. The summed E-state index contributed by atoms with van der Waals surface area (Å²) in [6, 6.07) is 14.3. The van der Waals surface area contributed by atoms with Crippen molar-refractivity contribution >= 4 is 22.1 Å². The van der Waals surface area contributed by atoms with Crippen molar-refractivity contribution in [2.75, 3.05) is 0 Å². The Morgan fingerprint density at radius 2 is 1.94 bits per heavy atom. The second-order valence-electron chi connectivity index (χ2n) is 3.69. The van der Waals surface area contributed by atoms with E-state index in [0.29, 0.717) is 6.61 Å². The molecule has 3 rings (SSSR count). The maximum atomic E-state index is 5.81. The van der Waals surface area contributed by atoms with Crippen molar-refractivity contribution in [2.24, 2.45) is 0 Å². The number of benzene rings is 2. The van der Waals surface area contributed by atoms with Gasteiger partial charge < -0.3 is 4.74 Å². The maximum absolute atomic E-state index is 5.81. The molecule has 0 saturated heterocycles. The SMILES string of the molecule is c1ccc2c(OCc3nccs3)cccc2c1. The van der Waals surface area contributed by atoms with Crippen LogP contribution in [0.2, 0.25) is 0 Å². The lowest BCUT2D eigenvalue weighted by molar-refractivity contribution is 0.309. The van der Waals surface area contributed by atoms with Crippen LogP contribution in [0.5, 0.6) is 5.75 Å². The Morgan fingerprint density at radius 1 is 1.06 bits per heavy atom. The molecule has 0 fully saturated rings. The molecule has 0 aliphatic heterocycles. The number of thiazole rings is 1. The summed E-state index contributed by atoms with van der Waals surface area (Å²) in [4.78, 5) is 4.20. The van der Waals surface area contributed by atoms with Gasteiger partial charge in [0.15, 0.2) is 0 Å². The van der Waals surface area contributed by atoms with Crippen LogP contribution in [0, 0.1) is 0 Å². The molecule has 0 spiro atoms. The van der Waals surface area contributed by atoms with Crippen LogP contribution in [0.25, 0.3) is 10.8 Å². The first kappa shape index (κ1) is 10.3. The Bertz CT molecular complexity index is 614. The zero-order valence-corrected chi connectivity index (χ0v) is 9.98. The van der Waals surface area contributed by atoms with Gasteiger partial charge in [0, 0.05) is 17.0 Å². The minimum Gasteiger partial charge on any atom is -0.486 e. The van der Waals surface area contributed by atoms with Gasteiger partial charge in [0.25, 0.3) is 0 Å². The largest absolute Gasteiger partial charge is 0.486 e. The van der Waals surface area contributed by atoms with E-state index >= 15 is 0 Å². The van der Waals surface area contributed by atoms with Gasteiger partial charge in [0.05, 0.1) is 0 Å². The molecule has 1 aromatic heterocycles. The maximum Gasteiger partial charge on any atom is 0.140 e. The molecular formula is C14H11NOS. The normalized spacial score (nSPS) is 10.6. The average molecular weight is 241 g/mol. The van der Waals surface area contributed by atoms with E-state index < -0.39 is 0 Å². The minimum absolute atomic E-state index is 0.533. The Morgan fingerprint density at radius 3 is 2.82 bits per heavy atom. The molecule has 0 amide bonds. The zero-order chi connectivity index (χ0) is 11.5. The van der Waals surface area contributed by atoms with Gasteiger partial charge in [-0.05, 0) is 11.5 Å². The van der Waals surface area contributed by atoms with Crippen molar-refractivity contribution < 1.29 is 4.74 Å². The van der Waals surface area contributed by atoms with Gasteiger partial charge in [-0.15, -0.1) is 11.3 Å². The van der Waals surface area contributed by atoms with Crippen molar-refractivity contribution in [3.8, 4) is 5.75 Å². The highest BCUT2D eigenvalue weighted by Crippen LogP contribution is 2.25. The first-order valence-electron chi connectivity index (χ1n) is 5.42. The number of hydrogen-bond donors (Lipinski definition) is 0. The first-order valence-corrected chi connectivity index (χ1v) is 6.30. The van der Waals surface area contributed by atoms with Gasteiger partial charge in [0.2, 0.25) is 0 Å². The number of hydrogen-bond acceptors (Lipinski definition) is 3. The van der Waals surface area contributed by atoms with Gasteiger partial charge in [-0.1, -0.05) is 36.4 Å². The van der Waals surface area contributed by atoms with E-state index in [1.165, 1.54) is 5.39 Å². The molecule has 3 heteroatoms. The van der Waals surface area contributed by atoms with E-state index in [0.717, 1.165) is 16.1 Å². The fraction of sp³-hybridized carbons (Fsp3) is 0.0714. The van der Waals surface area contributed by atoms with E-state index in [-0.39, 0.29) is 0 Å². The monoisotopic (exact) mass is 241 g/mol. The van der Waals surface area contributed by atoms with Gasteiger partial charge in [0.1, 0.15) is 17.4 Å². The Labute approximate surface area is 104 Å². The predicted molar refractivity (Wildman–Crippen MR) is 70.4 cm³/mol. The predicted octanol–water partition coefficient (Wildman–Crippen LogP) is 3.88. The summed E-state index contributed by atoms with van der Waals surface area (Å²) in [6.07, 6.45) is 1.80. The molecule has 0 radical (unpaired) electrons. The molecule has 84 valence electrons. The fourth-order valence-corrected chi connectivity index (χ4v) is 2.31. The number of fused-ring (bicyclic) bond motifs is 1. The van der Waals surface area contributed by atoms with E-state index in [4.69, 9.17) is 4.74 Å². The Kier molecular flexibility index (Phi) is 2.76. The van der Waals surface area contributed by atoms with Crippen LogP contribution in [0.15, 0.2) is 54.0 Å². The topological polar surface area (TPSA) is 22.1 Å². The van der Waals surface area contributed by atoms with Gasteiger partial charge in [-0.2, -0.15) is 0 Å². The van der Waals surface area contributed by atoms with Crippen molar-refractivity contribution in [3.05, 3.63) is 59.0 Å². The van der Waals surface area contributed by atoms with Crippen LogP contribution >= 0.6 is 11.3 Å². The standard InChI is InChI=1S/C14H11NOS/c1-2-6-12-11(4-1)5-3-7-13(12)16-10-14-15-8-9-17-14/h1-9H,10H2. The molecule has 0 aliphatic rings. The van der Waals surface area contributed by atoms with E-state index in [9.17, 15) is 0 Å². The summed E-state index contributed by atoms with van der Waals surface area (Å²) >= 11 is 1.61. The molecule has 0 atom stereocenters. The van der Waals surface area contributed by atoms with E-state index in [2.05, 4.69) is 23.2 Å². The second kappa shape index (κ2) is 4.55. The summed E-state index contributed by atoms with van der Waals surface area (Å²) in [7, 11) is 0. The third-order valence-electron chi connectivity index (χ3n) is 2.58. The summed E-state index contributed by atoms with van der Waals surface area (Å²) in [6.45, 7) is 0.533. The highest BCUT2D eigenvalue weighted by molar-refractivity contribution is 7.09. The molecule has 0 unspecified atom stereocenters. The smallest absolute Gasteiger partial charge is 0.140 e. The van der Waals surface area contributed by atoms with Crippen LogP contribution in [0.1, 0.15) is 5.01 Å². The third kappa shape index (κ3) is 2.15. The molecule has 0 N–H and O–H groups in total. The van der Waals surface area contributed by atoms with Gasteiger partial charge >= 0.3 is 0 Å². The van der Waals surface area contributed by atoms with Crippen molar-refractivity contribution in [1.29, 1.82) is 0 Å². The lowest BCUT2D eigenvalue weighted by Crippen LogP contribution is -1.94. The van der Waals surface area contributed by atoms with Crippen molar-refractivity contribution in [2.45, 2.75) is 6.61 Å². The molecule has 1 heterocycles. The highest BCUT2D eigenvalue weighted by atomic mass is 32.1. The average Bonchev–Trinajstić information content (AvgIpc) is 2.89. The van der Waals surface area contributed by atoms with Crippen LogP contribution in [-0.2, 0) is 6.61 Å². The summed E-state index contributed by atoms with van der Waals surface area (Å²) < 4.78 is 5.81. The van der Waals surface area contributed by atoms with Crippen LogP contribution in [-0.4, -0.2) is 4.98 Å². The first-order chi connectivity index (χ1) is 8.43. The summed E-state index contributed by atoms with van der Waals surface area (Å²) in [5.41, 5.74) is 0. The number of rotatable bonds is 3. The molecular weight excluding hydrogens is 230 g/mol. The third-order valence-corrected chi connectivity index (χ3v) is 3.34. The number of aromatic nitrogens is 1. The zero-order valence-electron chi connectivity index (χ0n) is 9.17. The van der Waals surface area contributed by atoms with Gasteiger partial charge in [-0.25, -0.2) is 4.98 Å². The molecule has 2 aromatic carbocycles. The molecule has 3 aromatic rings. The second-order valence-corrected chi connectivity index (χ2v) is 4.67. The fourth-order valence-electron chi connectivity index (χ4n) is 1.79. The quantitative estimate of drug-likeness (QED) is 0.694. The van der Waals surface area contributed by atoms with E-state index in [1.54, 1.807) is 17.5 Å². The van der Waals surface area contributed by atoms with Crippen molar-refractivity contribution in [3.63, 3.8) is 0 Å². The number of nitrogens with zero attached hydrogens (tertiary/aromatic N) is 1. The summed E-state index contributed by atoms with van der Waals surface area (Å²) in [5.74, 6) is 0.915. The minimum atomic E-state index is 0.533. The van der Waals surface area contributed by atoms with Crippen molar-refractivity contribution in [1.82, 2.24) is 4.98 Å². The Hall–Kier alpha value is -1.87.